The highest BCUT2D eigenvalue weighted by Gasteiger charge is 2.40. The van der Waals surface area contributed by atoms with Crippen LogP contribution in [0.3, 0.4) is 0 Å². The third-order valence-electron chi connectivity index (χ3n) is 3.25. The van der Waals surface area contributed by atoms with Gasteiger partial charge < -0.3 is 0 Å². The molecular formula is C15H7ClF3NO2S. The van der Waals surface area contributed by atoms with Gasteiger partial charge in [-0.25, -0.2) is 4.90 Å². The molecule has 2 amide bonds. The van der Waals surface area contributed by atoms with Gasteiger partial charge in [0.1, 0.15) is 5.03 Å². The summed E-state index contributed by atoms with van der Waals surface area (Å²) < 4.78 is 37.8. The fourth-order valence-corrected chi connectivity index (χ4v) is 3.26. The van der Waals surface area contributed by atoms with Crippen LogP contribution in [0, 0.1) is 0 Å². The molecule has 0 bridgehead atoms. The van der Waals surface area contributed by atoms with Crippen molar-refractivity contribution in [1.82, 2.24) is 0 Å². The number of alkyl halides is 3. The van der Waals surface area contributed by atoms with Crippen LogP contribution in [0.5, 0.6) is 0 Å². The fraction of sp³-hybridized carbons (Fsp3) is 0.0667. The predicted octanol–water partition coefficient (Wildman–Crippen LogP) is 4.29. The van der Waals surface area contributed by atoms with E-state index in [1.165, 1.54) is 11.3 Å². The molecule has 2 aromatic rings. The third kappa shape index (κ3) is 2.66. The largest absolute Gasteiger partial charge is 0.416 e. The third-order valence-corrected chi connectivity index (χ3v) is 4.49. The highest BCUT2D eigenvalue weighted by Crippen LogP contribution is 2.37. The van der Waals surface area contributed by atoms with E-state index in [-0.39, 0.29) is 16.3 Å². The van der Waals surface area contributed by atoms with Crippen molar-refractivity contribution in [2.75, 3.05) is 4.90 Å². The first-order valence-electron chi connectivity index (χ1n) is 6.30. The zero-order valence-corrected chi connectivity index (χ0v) is 12.8. The Hall–Kier alpha value is -2.12. The number of nitrogens with zero attached hydrogens (tertiary/aromatic N) is 1. The molecule has 1 aromatic heterocycles. The van der Waals surface area contributed by atoms with Crippen LogP contribution in [0.25, 0.3) is 5.57 Å². The number of anilines is 1. The highest BCUT2D eigenvalue weighted by molar-refractivity contribution is 7.11. The standard InChI is InChI=1S/C15H7ClF3NO2S/c16-12-11(10-2-1-7-23-10)13(21)20(14(12)22)9-5-3-8(4-6-9)15(17,18)19/h1-7H. The topological polar surface area (TPSA) is 37.4 Å². The molecule has 3 nitrogen and oxygen atoms in total. The summed E-state index contributed by atoms with van der Waals surface area (Å²) in [5.41, 5.74) is -0.762. The summed E-state index contributed by atoms with van der Waals surface area (Å²) >= 11 is 7.20. The number of hydrogen-bond acceptors (Lipinski definition) is 3. The van der Waals surface area contributed by atoms with Crippen LogP contribution in [0.4, 0.5) is 18.9 Å². The molecule has 0 saturated heterocycles. The molecule has 0 N–H and O–H groups in total. The van der Waals surface area contributed by atoms with Crippen molar-refractivity contribution in [2.24, 2.45) is 0 Å². The van der Waals surface area contributed by atoms with E-state index in [0.717, 1.165) is 29.2 Å². The van der Waals surface area contributed by atoms with Crippen molar-refractivity contribution >= 4 is 46.0 Å². The Morgan fingerprint density at radius 2 is 1.65 bits per heavy atom. The number of halogens is 4. The van der Waals surface area contributed by atoms with Crippen LogP contribution in [0.15, 0.2) is 46.8 Å². The van der Waals surface area contributed by atoms with E-state index in [9.17, 15) is 22.8 Å². The van der Waals surface area contributed by atoms with Gasteiger partial charge in [-0.1, -0.05) is 17.7 Å². The maximum Gasteiger partial charge on any atom is 0.416 e. The molecule has 3 rings (SSSR count). The Labute approximate surface area is 137 Å². The first-order valence-corrected chi connectivity index (χ1v) is 7.56. The molecule has 1 aliphatic heterocycles. The number of thiophene rings is 1. The maximum atomic E-state index is 12.6. The van der Waals surface area contributed by atoms with E-state index in [1.54, 1.807) is 17.5 Å². The minimum Gasteiger partial charge on any atom is -0.268 e. The van der Waals surface area contributed by atoms with Gasteiger partial charge in [-0.15, -0.1) is 11.3 Å². The van der Waals surface area contributed by atoms with E-state index >= 15 is 0 Å². The van der Waals surface area contributed by atoms with Crippen molar-refractivity contribution < 1.29 is 22.8 Å². The second kappa shape index (κ2) is 5.50. The van der Waals surface area contributed by atoms with E-state index in [2.05, 4.69) is 0 Å². The summed E-state index contributed by atoms with van der Waals surface area (Å²) in [5.74, 6) is -1.40. The lowest BCUT2D eigenvalue weighted by Gasteiger charge is -2.15. The molecule has 0 saturated carbocycles. The number of imide groups is 1. The van der Waals surface area contributed by atoms with Gasteiger partial charge in [-0.05, 0) is 35.7 Å². The van der Waals surface area contributed by atoms with Crippen molar-refractivity contribution in [3.05, 3.63) is 57.3 Å². The van der Waals surface area contributed by atoms with Gasteiger partial charge in [0.05, 0.1) is 16.8 Å². The highest BCUT2D eigenvalue weighted by atomic mass is 35.5. The van der Waals surface area contributed by atoms with E-state index in [4.69, 9.17) is 11.6 Å². The molecule has 2 heterocycles. The summed E-state index contributed by atoms with van der Waals surface area (Å²) in [6, 6.07) is 7.11. The molecular weight excluding hydrogens is 351 g/mol. The smallest absolute Gasteiger partial charge is 0.268 e. The normalized spacial score (nSPS) is 15.7. The average molecular weight is 358 g/mol. The number of carbonyl (C=O) groups is 2. The van der Waals surface area contributed by atoms with Crippen LogP contribution in [0.1, 0.15) is 10.4 Å². The van der Waals surface area contributed by atoms with Crippen LogP contribution < -0.4 is 4.90 Å². The SMILES string of the molecule is O=C1C(Cl)=C(c2cccs2)C(=O)N1c1ccc(C(F)(F)F)cc1. The lowest BCUT2D eigenvalue weighted by molar-refractivity contribution is -0.137. The molecule has 0 radical (unpaired) electrons. The number of benzene rings is 1. The molecule has 0 fully saturated rings. The monoisotopic (exact) mass is 357 g/mol. The molecule has 0 atom stereocenters. The Morgan fingerprint density at radius 3 is 2.17 bits per heavy atom. The quantitative estimate of drug-likeness (QED) is 0.752. The predicted molar refractivity (Wildman–Crippen MR) is 81.0 cm³/mol. The van der Waals surface area contributed by atoms with Gasteiger partial charge >= 0.3 is 6.18 Å². The van der Waals surface area contributed by atoms with Crippen molar-refractivity contribution in [1.29, 1.82) is 0 Å². The van der Waals surface area contributed by atoms with Gasteiger partial charge in [0.2, 0.25) is 0 Å². The molecule has 8 heteroatoms. The molecule has 0 spiro atoms. The van der Waals surface area contributed by atoms with E-state index < -0.39 is 23.6 Å². The van der Waals surface area contributed by atoms with Crippen LogP contribution >= 0.6 is 22.9 Å². The Kier molecular flexibility index (Phi) is 3.77. The van der Waals surface area contributed by atoms with Gasteiger partial charge in [-0.2, -0.15) is 13.2 Å². The summed E-state index contributed by atoms with van der Waals surface area (Å²) in [5, 5.41) is 1.49. The Bertz CT molecular complexity index is 810. The lowest BCUT2D eigenvalue weighted by atomic mass is 10.2. The number of carbonyl (C=O) groups excluding carboxylic acids is 2. The molecule has 23 heavy (non-hydrogen) atoms. The van der Waals surface area contributed by atoms with Crippen LogP contribution in [-0.4, -0.2) is 11.8 Å². The Morgan fingerprint density at radius 1 is 1.00 bits per heavy atom. The van der Waals surface area contributed by atoms with Gasteiger partial charge in [0.25, 0.3) is 11.8 Å². The molecule has 0 aliphatic carbocycles. The molecule has 1 aliphatic rings. The summed E-state index contributed by atoms with van der Waals surface area (Å²) in [6.45, 7) is 0. The minimum atomic E-state index is -4.49. The van der Waals surface area contributed by atoms with Crippen molar-refractivity contribution in [3.63, 3.8) is 0 Å². The summed E-state index contributed by atoms with van der Waals surface area (Å²) in [6.07, 6.45) is -4.49. The number of hydrogen-bond donors (Lipinski definition) is 0. The minimum absolute atomic E-state index is 0.0395. The van der Waals surface area contributed by atoms with Crippen LogP contribution in [-0.2, 0) is 15.8 Å². The first-order chi connectivity index (χ1) is 10.8. The van der Waals surface area contributed by atoms with E-state index in [0.29, 0.717) is 4.88 Å². The number of amides is 2. The zero-order chi connectivity index (χ0) is 16.8. The second-order valence-corrected chi connectivity index (χ2v) is 5.98. The van der Waals surface area contributed by atoms with Crippen molar-refractivity contribution in [3.8, 4) is 0 Å². The lowest BCUT2D eigenvalue weighted by Crippen LogP contribution is -2.31. The fourth-order valence-electron chi connectivity index (χ4n) is 2.17. The van der Waals surface area contributed by atoms with Crippen molar-refractivity contribution in [2.45, 2.75) is 6.18 Å². The zero-order valence-electron chi connectivity index (χ0n) is 11.2. The second-order valence-electron chi connectivity index (χ2n) is 4.66. The van der Waals surface area contributed by atoms with Gasteiger partial charge in [0, 0.05) is 4.88 Å². The maximum absolute atomic E-state index is 12.6. The average Bonchev–Trinajstić information content (AvgIpc) is 3.07. The summed E-state index contributed by atoms with van der Waals surface area (Å²) in [4.78, 5) is 26.0. The first kappa shape index (κ1) is 15.8. The van der Waals surface area contributed by atoms with Crippen LogP contribution in [0.2, 0.25) is 0 Å². The van der Waals surface area contributed by atoms with Gasteiger partial charge in [-0.3, -0.25) is 9.59 Å². The molecule has 118 valence electrons. The van der Waals surface area contributed by atoms with Gasteiger partial charge in [0.15, 0.2) is 0 Å². The number of rotatable bonds is 2. The summed E-state index contributed by atoms with van der Waals surface area (Å²) in [7, 11) is 0. The van der Waals surface area contributed by atoms with E-state index in [1.807, 2.05) is 0 Å². The molecule has 0 unspecified atom stereocenters. The molecule has 1 aromatic carbocycles. The Balaban J connectivity index is 1.97.